The van der Waals surface area contributed by atoms with Crippen molar-refractivity contribution in [1.82, 2.24) is 14.4 Å². The third kappa shape index (κ3) is 4.45. The van der Waals surface area contributed by atoms with Crippen LogP contribution in [-0.2, 0) is 10.0 Å². The fourth-order valence-electron chi connectivity index (χ4n) is 3.50. The van der Waals surface area contributed by atoms with Crippen molar-refractivity contribution in [3.63, 3.8) is 0 Å². The third-order valence-corrected chi connectivity index (χ3v) is 8.40. The van der Waals surface area contributed by atoms with Gasteiger partial charge in [-0.1, -0.05) is 44.3 Å². The van der Waals surface area contributed by atoms with Crippen LogP contribution >= 0.6 is 39.1 Å². The summed E-state index contributed by atoms with van der Waals surface area (Å²) in [5.41, 5.74) is 1.60. The van der Waals surface area contributed by atoms with Crippen molar-refractivity contribution in [2.75, 3.05) is 26.2 Å². The van der Waals surface area contributed by atoms with Crippen LogP contribution in [0.4, 0.5) is 0 Å². The lowest BCUT2D eigenvalue weighted by Gasteiger charge is -2.34. The van der Waals surface area contributed by atoms with Crippen LogP contribution in [0.25, 0.3) is 11.3 Å². The number of aromatic nitrogens is 1. The Labute approximate surface area is 204 Å². The molecule has 1 fully saturated rings. The van der Waals surface area contributed by atoms with Crippen LogP contribution in [0, 0.1) is 6.92 Å². The molecular weight excluding hydrogens is 541 g/mol. The average Bonchev–Trinajstić information content (AvgIpc) is 3.17. The number of nitrogens with zero attached hydrogens (tertiary/aromatic N) is 3. The lowest BCUT2D eigenvalue weighted by Crippen LogP contribution is -2.50. The van der Waals surface area contributed by atoms with E-state index < -0.39 is 10.0 Å². The second kappa shape index (κ2) is 9.15. The summed E-state index contributed by atoms with van der Waals surface area (Å²) < 4.78 is 33.6. The van der Waals surface area contributed by atoms with Gasteiger partial charge in [0.25, 0.3) is 5.91 Å². The van der Waals surface area contributed by atoms with Crippen LogP contribution in [0.2, 0.25) is 10.0 Å². The van der Waals surface area contributed by atoms with Gasteiger partial charge < -0.3 is 9.42 Å². The largest absolute Gasteiger partial charge is 0.355 e. The number of rotatable bonds is 4. The van der Waals surface area contributed by atoms with Gasteiger partial charge in [-0.05, 0) is 49.4 Å². The van der Waals surface area contributed by atoms with Gasteiger partial charge in [0.05, 0.1) is 20.6 Å². The van der Waals surface area contributed by atoms with Gasteiger partial charge in [0.1, 0.15) is 5.56 Å². The highest BCUT2D eigenvalue weighted by Crippen LogP contribution is 2.30. The first-order chi connectivity index (χ1) is 15.2. The summed E-state index contributed by atoms with van der Waals surface area (Å²) in [4.78, 5) is 15.0. The zero-order chi connectivity index (χ0) is 23.0. The van der Waals surface area contributed by atoms with Gasteiger partial charge in [-0.15, -0.1) is 0 Å². The van der Waals surface area contributed by atoms with Crippen molar-refractivity contribution in [3.8, 4) is 11.3 Å². The van der Waals surface area contributed by atoms with Crippen molar-refractivity contribution in [3.05, 3.63) is 68.2 Å². The number of carbonyl (C=O) groups is 1. The molecule has 0 aliphatic carbocycles. The molecule has 4 rings (SSSR count). The van der Waals surface area contributed by atoms with Gasteiger partial charge >= 0.3 is 0 Å². The number of piperazine rings is 1. The Morgan fingerprint density at radius 3 is 2.31 bits per heavy atom. The summed E-state index contributed by atoms with van der Waals surface area (Å²) in [6.45, 7) is 2.51. The number of amides is 1. The number of carbonyl (C=O) groups excluding carboxylic acids is 1. The molecule has 2 aromatic carbocycles. The van der Waals surface area contributed by atoms with E-state index >= 15 is 0 Å². The SMILES string of the molecule is Cc1noc(-c2ccc(Br)cc2)c1C(=O)N1CCN(S(=O)(=O)c2ccc(Cl)c(Cl)c2)CC1. The number of aryl methyl sites for hydroxylation is 1. The van der Waals surface area contributed by atoms with Gasteiger partial charge in [0.2, 0.25) is 10.0 Å². The predicted octanol–water partition coefficient (Wildman–Crippen LogP) is 4.87. The predicted molar refractivity (Wildman–Crippen MR) is 126 cm³/mol. The van der Waals surface area contributed by atoms with Crippen LogP contribution < -0.4 is 0 Å². The van der Waals surface area contributed by atoms with Crippen molar-refractivity contribution >= 4 is 55.1 Å². The van der Waals surface area contributed by atoms with Crippen molar-refractivity contribution < 1.29 is 17.7 Å². The van der Waals surface area contributed by atoms with E-state index in [4.69, 9.17) is 27.7 Å². The first-order valence-corrected chi connectivity index (χ1v) is 12.6. The maximum absolute atomic E-state index is 13.3. The molecule has 1 aromatic heterocycles. The summed E-state index contributed by atoms with van der Waals surface area (Å²) in [5, 5.41) is 4.43. The van der Waals surface area contributed by atoms with E-state index in [0.717, 1.165) is 10.0 Å². The number of sulfonamides is 1. The Morgan fingerprint density at radius 2 is 1.69 bits per heavy atom. The molecule has 168 valence electrons. The molecule has 0 bridgehead atoms. The van der Waals surface area contributed by atoms with E-state index in [1.807, 2.05) is 24.3 Å². The van der Waals surface area contributed by atoms with Crippen LogP contribution in [0.1, 0.15) is 16.1 Å². The summed E-state index contributed by atoms with van der Waals surface area (Å²) in [5.74, 6) is 0.152. The van der Waals surface area contributed by atoms with Crippen LogP contribution in [-0.4, -0.2) is 54.9 Å². The molecule has 0 spiro atoms. The molecular formula is C21H18BrCl2N3O4S. The Bertz CT molecular complexity index is 1270. The van der Waals surface area contributed by atoms with E-state index in [-0.39, 0.29) is 47.0 Å². The minimum atomic E-state index is -3.75. The number of benzene rings is 2. The van der Waals surface area contributed by atoms with Crippen molar-refractivity contribution in [2.24, 2.45) is 0 Å². The van der Waals surface area contributed by atoms with Gasteiger partial charge in [-0.3, -0.25) is 4.79 Å². The van der Waals surface area contributed by atoms with Crippen molar-refractivity contribution in [2.45, 2.75) is 11.8 Å². The molecule has 1 amide bonds. The van der Waals surface area contributed by atoms with Gasteiger partial charge in [0.15, 0.2) is 5.76 Å². The maximum Gasteiger partial charge on any atom is 0.259 e. The summed E-state index contributed by atoms with van der Waals surface area (Å²) in [6.07, 6.45) is 0. The molecule has 32 heavy (non-hydrogen) atoms. The molecule has 1 aliphatic rings. The standard InChI is InChI=1S/C21H18BrCl2N3O4S/c1-13-19(20(31-25-13)14-2-4-15(22)5-3-14)21(28)26-8-10-27(11-9-26)32(29,30)16-6-7-17(23)18(24)12-16/h2-7,12H,8-11H2,1H3. The summed E-state index contributed by atoms with van der Waals surface area (Å²) >= 11 is 15.3. The monoisotopic (exact) mass is 557 g/mol. The molecule has 11 heteroatoms. The van der Waals surface area contributed by atoms with Gasteiger partial charge in [0, 0.05) is 36.2 Å². The molecule has 7 nitrogen and oxygen atoms in total. The minimum absolute atomic E-state index is 0.0686. The highest BCUT2D eigenvalue weighted by molar-refractivity contribution is 9.10. The summed E-state index contributed by atoms with van der Waals surface area (Å²) in [7, 11) is -3.75. The zero-order valence-corrected chi connectivity index (χ0v) is 20.8. The van der Waals surface area contributed by atoms with E-state index in [0.29, 0.717) is 17.0 Å². The van der Waals surface area contributed by atoms with Gasteiger partial charge in [-0.25, -0.2) is 8.42 Å². The molecule has 2 heterocycles. The average molecular weight is 559 g/mol. The van der Waals surface area contributed by atoms with Crippen LogP contribution in [0.3, 0.4) is 0 Å². The number of hydrogen-bond acceptors (Lipinski definition) is 5. The molecule has 1 aliphatic heterocycles. The molecule has 0 unspecified atom stereocenters. The van der Waals surface area contributed by atoms with Gasteiger partial charge in [-0.2, -0.15) is 4.31 Å². The smallest absolute Gasteiger partial charge is 0.259 e. The molecule has 0 saturated carbocycles. The molecule has 0 atom stereocenters. The summed E-state index contributed by atoms with van der Waals surface area (Å²) in [6, 6.07) is 11.6. The zero-order valence-electron chi connectivity index (χ0n) is 16.9. The third-order valence-electron chi connectivity index (χ3n) is 5.24. The number of halogens is 3. The highest BCUT2D eigenvalue weighted by Gasteiger charge is 2.33. The Morgan fingerprint density at radius 1 is 1.03 bits per heavy atom. The van der Waals surface area contributed by atoms with Crippen LogP contribution in [0.5, 0.6) is 0 Å². The first-order valence-electron chi connectivity index (χ1n) is 9.65. The molecule has 1 saturated heterocycles. The second-order valence-electron chi connectivity index (χ2n) is 7.25. The normalized spacial score (nSPS) is 15.2. The second-order valence-corrected chi connectivity index (χ2v) is 10.9. The topological polar surface area (TPSA) is 83.7 Å². The lowest BCUT2D eigenvalue weighted by atomic mass is 10.1. The Hall–Kier alpha value is -1.91. The minimum Gasteiger partial charge on any atom is -0.355 e. The van der Waals surface area contributed by atoms with E-state index in [2.05, 4.69) is 21.1 Å². The highest BCUT2D eigenvalue weighted by atomic mass is 79.9. The number of hydrogen-bond donors (Lipinski definition) is 0. The first kappa shape index (κ1) is 23.3. The Kier molecular flexibility index (Phi) is 6.65. The lowest BCUT2D eigenvalue weighted by molar-refractivity contribution is 0.0697. The molecule has 3 aromatic rings. The molecule has 0 radical (unpaired) electrons. The Balaban J connectivity index is 1.52. The fourth-order valence-corrected chi connectivity index (χ4v) is 5.57. The van der Waals surface area contributed by atoms with E-state index in [1.165, 1.54) is 22.5 Å². The fraction of sp³-hybridized carbons (Fsp3) is 0.238. The quantitative estimate of drug-likeness (QED) is 0.456. The van der Waals surface area contributed by atoms with E-state index in [1.54, 1.807) is 11.8 Å². The van der Waals surface area contributed by atoms with Crippen molar-refractivity contribution in [1.29, 1.82) is 0 Å². The van der Waals surface area contributed by atoms with Crippen LogP contribution in [0.15, 0.2) is 56.4 Å². The molecule has 0 N–H and O–H groups in total. The maximum atomic E-state index is 13.3. The van der Waals surface area contributed by atoms with E-state index in [9.17, 15) is 13.2 Å².